The molecule has 148 valence electrons. The molecule has 2 saturated heterocycles. The number of amides is 3. The summed E-state index contributed by atoms with van der Waals surface area (Å²) in [6.07, 6.45) is 0.563. The molecule has 0 aromatic rings. The van der Waals surface area contributed by atoms with Gasteiger partial charge in [0.05, 0.1) is 5.92 Å². The van der Waals surface area contributed by atoms with E-state index in [2.05, 4.69) is 10.2 Å². The number of nitrogens with zero attached hydrogens (tertiary/aromatic N) is 3. The largest absolute Gasteiger partial charge is 0.444 e. The highest BCUT2D eigenvalue weighted by atomic mass is 16.6. The number of piperazine rings is 1. The molecule has 2 heterocycles. The molecular weight excluding hydrogens is 336 g/mol. The maximum absolute atomic E-state index is 12.3. The number of hydrogen-bond donors (Lipinski definition) is 1. The van der Waals surface area contributed by atoms with E-state index in [1.165, 1.54) is 0 Å². The van der Waals surface area contributed by atoms with Crippen molar-refractivity contribution in [1.29, 1.82) is 0 Å². The van der Waals surface area contributed by atoms with Crippen molar-refractivity contribution in [3.8, 4) is 0 Å². The number of likely N-dealkylation sites (tertiary alicyclic amines) is 1. The fourth-order valence-electron chi connectivity index (χ4n) is 3.12. The third-order valence-corrected chi connectivity index (χ3v) is 4.70. The molecule has 8 heteroatoms. The van der Waals surface area contributed by atoms with Crippen LogP contribution >= 0.6 is 0 Å². The van der Waals surface area contributed by atoms with E-state index < -0.39 is 5.60 Å². The molecule has 3 amide bonds. The van der Waals surface area contributed by atoms with Crippen molar-refractivity contribution in [3.63, 3.8) is 0 Å². The lowest BCUT2D eigenvalue weighted by molar-refractivity contribution is -0.132. The quantitative estimate of drug-likeness (QED) is 0.782. The van der Waals surface area contributed by atoms with Crippen LogP contribution in [0.2, 0.25) is 0 Å². The van der Waals surface area contributed by atoms with Gasteiger partial charge in [0.1, 0.15) is 5.60 Å². The summed E-state index contributed by atoms with van der Waals surface area (Å²) in [5.41, 5.74) is -0.541. The van der Waals surface area contributed by atoms with Crippen molar-refractivity contribution in [2.24, 2.45) is 5.92 Å². The Morgan fingerprint density at radius 3 is 2.31 bits per heavy atom. The summed E-state index contributed by atoms with van der Waals surface area (Å²) in [6, 6.07) is 0. The average Bonchev–Trinajstić information content (AvgIpc) is 3.04. The van der Waals surface area contributed by atoms with Gasteiger partial charge in [0, 0.05) is 52.2 Å². The van der Waals surface area contributed by atoms with Gasteiger partial charge in [-0.3, -0.25) is 9.59 Å². The van der Waals surface area contributed by atoms with Crippen molar-refractivity contribution in [2.45, 2.75) is 39.2 Å². The fraction of sp³-hybridized carbons (Fsp3) is 0.833. The van der Waals surface area contributed by atoms with Gasteiger partial charge >= 0.3 is 6.09 Å². The van der Waals surface area contributed by atoms with E-state index in [1.807, 2.05) is 32.7 Å². The zero-order valence-electron chi connectivity index (χ0n) is 16.4. The van der Waals surface area contributed by atoms with Crippen molar-refractivity contribution in [3.05, 3.63) is 0 Å². The Morgan fingerprint density at radius 1 is 1.04 bits per heavy atom. The number of carbonyl (C=O) groups excluding carboxylic acids is 3. The lowest BCUT2D eigenvalue weighted by Gasteiger charge is -2.32. The zero-order chi connectivity index (χ0) is 19.3. The Kier molecular flexibility index (Phi) is 6.86. The van der Waals surface area contributed by atoms with Gasteiger partial charge in [0.2, 0.25) is 11.8 Å². The molecule has 26 heavy (non-hydrogen) atoms. The van der Waals surface area contributed by atoms with E-state index in [0.717, 1.165) is 26.2 Å². The van der Waals surface area contributed by atoms with E-state index >= 15 is 0 Å². The van der Waals surface area contributed by atoms with Crippen LogP contribution < -0.4 is 5.32 Å². The molecule has 1 atom stereocenters. The maximum Gasteiger partial charge on any atom is 0.410 e. The number of likely N-dealkylation sites (N-methyl/N-ethyl adjacent to an activating group) is 1. The summed E-state index contributed by atoms with van der Waals surface area (Å²) >= 11 is 0. The second-order valence-corrected chi connectivity index (χ2v) is 8.14. The van der Waals surface area contributed by atoms with E-state index in [4.69, 9.17) is 4.74 Å². The third-order valence-electron chi connectivity index (χ3n) is 4.70. The molecule has 0 spiro atoms. The number of rotatable bonds is 4. The molecule has 1 N–H and O–H groups in total. The molecule has 0 saturated carbocycles. The van der Waals surface area contributed by atoms with E-state index in [-0.39, 0.29) is 23.8 Å². The second-order valence-electron chi connectivity index (χ2n) is 8.14. The minimum absolute atomic E-state index is 0.0835. The monoisotopic (exact) mass is 368 g/mol. The highest BCUT2D eigenvalue weighted by Gasteiger charge is 2.33. The molecule has 0 aliphatic carbocycles. The molecule has 0 bridgehead atoms. The van der Waals surface area contributed by atoms with Crippen LogP contribution in [0.4, 0.5) is 4.79 Å². The number of hydrogen-bond acceptors (Lipinski definition) is 5. The molecular formula is C18H32N4O4. The van der Waals surface area contributed by atoms with Crippen LogP contribution in [-0.2, 0) is 14.3 Å². The van der Waals surface area contributed by atoms with Crippen LogP contribution in [0.25, 0.3) is 0 Å². The summed E-state index contributed by atoms with van der Waals surface area (Å²) in [6.45, 7) is 9.97. The second kappa shape index (κ2) is 8.70. The smallest absolute Gasteiger partial charge is 0.410 e. The highest BCUT2D eigenvalue weighted by Crippen LogP contribution is 2.19. The first-order chi connectivity index (χ1) is 12.2. The standard InChI is InChI=1S/C18H32N4O4/c1-18(2,3)26-17(25)22-8-6-14(13-22)16(24)19-7-5-15(23)21-11-9-20(4)10-12-21/h14H,5-13H2,1-4H3,(H,19,24)/t14-/m0/s1. The first-order valence-corrected chi connectivity index (χ1v) is 9.37. The lowest BCUT2D eigenvalue weighted by Crippen LogP contribution is -2.47. The van der Waals surface area contributed by atoms with Crippen molar-refractivity contribution in [1.82, 2.24) is 20.0 Å². The minimum Gasteiger partial charge on any atom is -0.444 e. The Balaban J connectivity index is 1.67. The Labute approximate surface area is 155 Å². The van der Waals surface area contributed by atoms with Crippen LogP contribution in [0, 0.1) is 5.92 Å². The summed E-state index contributed by atoms with van der Waals surface area (Å²) < 4.78 is 5.34. The molecule has 2 aliphatic heterocycles. The fourth-order valence-corrected chi connectivity index (χ4v) is 3.12. The summed E-state index contributed by atoms with van der Waals surface area (Å²) in [7, 11) is 2.05. The van der Waals surface area contributed by atoms with Crippen LogP contribution in [-0.4, -0.2) is 91.1 Å². The van der Waals surface area contributed by atoms with Gasteiger partial charge in [-0.25, -0.2) is 4.79 Å². The minimum atomic E-state index is -0.541. The van der Waals surface area contributed by atoms with E-state index in [1.54, 1.807) is 4.90 Å². The van der Waals surface area contributed by atoms with Gasteiger partial charge in [-0.2, -0.15) is 0 Å². The van der Waals surface area contributed by atoms with Crippen molar-refractivity contribution >= 4 is 17.9 Å². The predicted octanol–water partition coefficient (Wildman–Crippen LogP) is 0.524. The van der Waals surface area contributed by atoms with E-state index in [9.17, 15) is 14.4 Å². The predicted molar refractivity (Wildman–Crippen MR) is 97.6 cm³/mol. The SMILES string of the molecule is CN1CCN(C(=O)CCNC(=O)[C@H]2CCN(C(=O)OC(C)(C)C)C2)CC1. The first-order valence-electron chi connectivity index (χ1n) is 9.37. The molecule has 2 rings (SSSR count). The molecule has 2 fully saturated rings. The van der Waals surface area contributed by atoms with Gasteiger partial charge in [-0.15, -0.1) is 0 Å². The third kappa shape index (κ3) is 6.16. The van der Waals surface area contributed by atoms with Gasteiger partial charge in [0.25, 0.3) is 0 Å². The molecule has 0 aromatic carbocycles. The van der Waals surface area contributed by atoms with Crippen LogP contribution in [0.15, 0.2) is 0 Å². The normalized spacial score (nSPS) is 21.6. The average molecular weight is 368 g/mol. The number of nitrogens with one attached hydrogen (secondary N) is 1. The van der Waals surface area contributed by atoms with Crippen LogP contribution in [0.3, 0.4) is 0 Å². The van der Waals surface area contributed by atoms with Crippen molar-refractivity contribution in [2.75, 3.05) is 52.9 Å². The lowest BCUT2D eigenvalue weighted by atomic mass is 10.1. The number of ether oxygens (including phenoxy) is 1. The summed E-state index contributed by atoms with van der Waals surface area (Å²) in [5.74, 6) is -0.247. The van der Waals surface area contributed by atoms with E-state index in [0.29, 0.717) is 32.5 Å². The maximum atomic E-state index is 12.3. The van der Waals surface area contributed by atoms with Crippen LogP contribution in [0.5, 0.6) is 0 Å². The highest BCUT2D eigenvalue weighted by molar-refractivity contribution is 5.82. The van der Waals surface area contributed by atoms with Gasteiger partial charge < -0.3 is 24.8 Å². The molecule has 0 radical (unpaired) electrons. The first kappa shape index (κ1) is 20.5. The molecule has 8 nitrogen and oxygen atoms in total. The Morgan fingerprint density at radius 2 is 1.69 bits per heavy atom. The van der Waals surface area contributed by atoms with Crippen molar-refractivity contribution < 1.29 is 19.1 Å². The molecule has 2 aliphatic rings. The van der Waals surface area contributed by atoms with Crippen LogP contribution in [0.1, 0.15) is 33.6 Å². The topological polar surface area (TPSA) is 82.2 Å². The van der Waals surface area contributed by atoms with Gasteiger partial charge in [-0.1, -0.05) is 0 Å². The zero-order valence-corrected chi connectivity index (χ0v) is 16.4. The molecule has 0 aromatic heterocycles. The Hall–Kier alpha value is -1.83. The molecule has 0 unspecified atom stereocenters. The van der Waals surface area contributed by atoms with Gasteiger partial charge in [0.15, 0.2) is 0 Å². The summed E-state index contributed by atoms with van der Waals surface area (Å²) in [5, 5.41) is 2.84. The number of carbonyl (C=O) groups is 3. The Bertz CT molecular complexity index is 524. The summed E-state index contributed by atoms with van der Waals surface area (Å²) in [4.78, 5) is 42.1. The van der Waals surface area contributed by atoms with Gasteiger partial charge in [-0.05, 0) is 34.2 Å².